The summed E-state index contributed by atoms with van der Waals surface area (Å²) in [4.78, 5) is 0. The van der Waals surface area contributed by atoms with Gasteiger partial charge in [-0.2, -0.15) is 5.10 Å². The molecule has 2 atom stereocenters. The monoisotopic (exact) mass is 138 g/mol. The number of aliphatic hydroxyl groups is 1. The molecule has 1 aromatic rings. The van der Waals surface area contributed by atoms with Crippen molar-refractivity contribution in [3.8, 4) is 0 Å². The first-order valence-electron chi connectivity index (χ1n) is 3.46. The fourth-order valence-corrected chi connectivity index (χ4v) is 1.28. The maximum absolute atomic E-state index is 9.69. The molecule has 10 heavy (non-hydrogen) atoms. The fraction of sp³-hybridized carbons (Fsp3) is 0.571. The summed E-state index contributed by atoms with van der Waals surface area (Å²) in [5, 5.41) is 16.2. The molecule has 0 bridgehead atoms. The molecule has 0 saturated heterocycles. The SMILES string of the molecule is CC1CC1(O)c1ccn[nH]1. The van der Waals surface area contributed by atoms with Crippen molar-refractivity contribution < 1.29 is 5.11 Å². The van der Waals surface area contributed by atoms with Crippen LogP contribution in [0.3, 0.4) is 0 Å². The average Bonchev–Trinajstić information content (AvgIpc) is 2.35. The van der Waals surface area contributed by atoms with Crippen LogP contribution in [-0.4, -0.2) is 15.3 Å². The first-order chi connectivity index (χ1) is 4.73. The van der Waals surface area contributed by atoms with Crippen molar-refractivity contribution in [1.82, 2.24) is 10.2 Å². The molecule has 1 fully saturated rings. The Kier molecular flexibility index (Phi) is 0.951. The highest BCUT2D eigenvalue weighted by atomic mass is 16.3. The van der Waals surface area contributed by atoms with Crippen LogP contribution in [0.2, 0.25) is 0 Å². The zero-order valence-electron chi connectivity index (χ0n) is 5.83. The minimum absolute atomic E-state index is 0.382. The van der Waals surface area contributed by atoms with E-state index in [0.29, 0.717) is 5.92 Å². The molecule has 1 aromatic heterocycles. The average molecular weight is 138 g/mol. The molecule has 2 unspecified atom stereocenters. The lowest BCUT2D eigenvalue weighted by Crippen LogP contribution is -2.07. The maximum atomic E-state index is 9.69. The van der Waals surface area contributed by atoms with Crippen LogP contribution < -0.4 is 0 Å². The van der Waals surface area contributed by atoms with E-state index >= 15 is 0 Å². The topological polar surface area (TPSA) is 48.9 Å². The predicted octanol–water partition coefficient (Wildman–Crippen LogP) is 0.637. The molecule has 54 valence electrons. The zero-order valence-corrected chi connectivity index (χ0v) is 5.83. The van der Waals surface area contributed by atoms with Gasteiger partial charge in [0.2, 0.25) is 0 Å². The quantitative estimate of drug-likeness (QED) is 0.598. The molecule has 3 nitrogen and oxygen atoms in total. The summed E-state index contributed by atoms with van der Waals surface area (Å²) in [6, 6.07) is 1.82. The molecular formula is C7H10N2O. The van der Waals surface area contributed by atoms with Gasteiger partial charge in [0.15, 0.2) is 0 Å². The lowest BCUT2D eigenvalue weighted by Gasteiger charge is -2.03. The molecule has 0 amide bonds. The Labute approximate surface area is 59.1 Å². The van der Waals surface area contributed by atoms with Crippen LogP contribution in [0.15, 0.2) is 12.3 Å². The first kappa shape index (κ1) is 5.92. The largest absolute Gasteiger partial charge is 0.383 e. The number of nitrogens with one attached hydrogen (secondary N) is 1. The van der Waals surface area contributed by atoms with Gasteiger partial charge in [-0.3, -0.25) is 5.10 Å². The van der Waals surface area contributed by atoms with Crippen LogP contribution in [0.5, 0.6) is 0 Å². The number of hydrogen-bond acceptors (Lipinski definition) is 2. The minimum Gasteiger partial charge on any atom is -0.383 e. The van der Waals surface area contributed by atoms with Gasteiger partial charge in [0.25, 0.3) is 0 Å². The second-order valence-corrected chi connectivity index (χ2v) is 3.00. The third kappa shape index (κ3) is 0.609. The van der Waals surface area contributed by atoms with Crippen LogP contribution in [-0.2, 0) is 5.60 Å². The van der Waals surface area contributed by atoms with Gasteiger partial charge in [-0.25, -0.2) is 0 Å². The van der Waals surface area contributed by atoms with E-state index in [4.69, 9.17) is 0 Å². The standard InChI is InChI=1S/C7H10N2O/c1-5-4-7(5,10)6-2-3-8-9-6/h2-3,5,10H,4H2,1H3,(H,8,9). The van der Waals surface area contributed by atoms with Crippen molar-refractivity contribution in [3.05, 3.63) is 18.0 Å². The van der Waals surface area contributed by atoms with Gasteiger partial charge in [-0.05, 0) is 18.4 Å². The molecule has 0 aliphatic heterocycles. The highest BCUT2D eigenvalue weighted by Gasteiger charge is 2.52. The van der Waals surface area contributed by atoms with Crippen LogP contribution in [0.25, 0.3) is 0 Å². The van der Waals surface area contributed by atoms with E-state index in [1.807, 2.05) is 13.0 Å². The second kappa shape index (κ2) is 1.61. The molecule has 1 saturated carbocycles. The Bertz CT molecular complexity index is 232. The highest BCUT2D eigenvalue weighted by molar-refractivity contribution is 5.19. The second-order valence-electron chi connectivity index (χ2n) is 3.00. The van der Waals surface area contributed by atoms with Crippen molar-refractivity contribution in [1.29, 1.82) is 0 Å². The summed E-state index contributed by atoms with van der Waals surface area (Å²) in [5.74, 6) is 0.382. The number of aromatic amines is 1. The molecule has 1 aliphatic carbocycles. The lowest BCUT2D eigenvalue weighted by atomic mass is 10.2. The van der Waals surface area contributed by atoms with Crippen molar-refractivity contribution in [2.45, 2.75) is 18.9 Å². The Morgan fingerprint density at radius 1 is 1.90 bits per heavy atom. The summed E-state index contributed by atoms with van der Waals surface area (Å²) in [6.45, 7) is 2.03. The summed E-state index contributed by atoms with van der Waals surface area (Å²) in [6.07, 6.45) is 2.52. The number of H-pyrrole nitrogens is 1. The number of hydrogen-bond donors (Lipinski definition) is 2. The van der Waals surface area contributed by atoms with E-state index in [-0.39, 0.29) is 0 Å². The van der Waals surface area contributed by atoms with Gasteiger partial charge in [0, 0.05) is 6.20 Å². The summed E-state index contributed by atoms with van der Waals surface area (Å²) in [5.41, 5.74) is 0.260. The zero-order chi connectivity index (χ0) is 7.19. The van der Waals surface area contributed by atoms with Crippen molar-refractivity contribution in [2.24, 2.45) is 5.92 Å². The van der Waals surface area contributed by atoms with Crippen LogP contribution in [0.4, 0.5) is 0 Å². The highest BCUT2D eigenvalue weighted by Crippen LogP contribution is 2.50. The molecule has 0 aromatic carbocycles. The molecule has 1 aliphatic rings. The molecule has 1 heterocycles. The normalized spacial score (nSPS) is 38.0. The van der Waals surface area contributed by atoms with Gasteiger partial charge in [-0.15, -0.1) is 0 Å². The number of rotatable bonds is 1. The van der Waals surface area contributed by atoms with Gasteiger partial charge in [0.1, 0.15) is 5.60 Å². The van der Waals surface area contributed by atoms with E-state index in [0.717, 1.165) is 12.1 Å². The summed E-state index contributed by atoms with van der Waals surface area (Å²) < 4.78 is 0. The summed E-state index contributed by atoms with van der Waals surface area (Å²) >= 11 is 0. The third-order valence-electron chi connectivity index (χ3n) is 2.24. The number of aromatic nitrogens is 2. The third-order valence-corrected chi connectivity index (χ3v) is 2.24. The van der Waals surface area contributed by atoms with Gasteiger partial charge in [0.05, 0.1) is 5.69 Å². The van der Waals surface area contributed by atoms with Crippen molar-refractivity contribution >= 4 is 0 Å². The fourth-order valence-electron chi connectivity index (χ4n) is 1.28. The lowest BCUT2D eigenvalue weighted by molar-refractivity contribution is 0.130. The molecule has 3 heteroatoms. The van der Waals surface area contributed by atoms with E-state index in [9.17, 15) is 5.11 Å². The predicted molar refractivity (Wildman–Crippen MR) is 36.3 cm³/mol. The van der Waals surface area contributed by atoms with Crippen LogP contribution >= 0.6 is 0 Å². The Morgan fingerprint density at radius 3 is 3.00 bits per heavy atom. The van der Waals surface area contributed by atoms with Crippen molar-refractivity contribution in [3.63, 3.8) is 0 Å². The van der Waals surface area contributed by atoms with Gasteiger partial charge in [-0.1, -0.05) is 6.92 Å². The maximum Gasteiger partial charge on any atom is 0.109 e. The molecular weight excluding hydrogens is 128 g/mol. The van der Waals surface area contributed by atoms with E-state index in [1.165, 1.54) is 0 Å². The Hall–Kier alpha value is -0.830. The van der Waals surface area contributed by atoms with Gasteiger partial charge >= 0.3 is 0 Å². The van der Waals surface area contributed by atoms with Crippen LogP contribution in [0, 0.1) is 5.92 Å². The minimum atomic E-state index is -0.587. The first-order valence-corrected chi connectivity index (χ1v) is 3.46. The Balaban J connectivity index is 2.30. The van der Waals surface area contributed by atoms with E-state index in [2.05, 4.69) is 10.2 Å². The molecule has 0 radical (unpaired) electrons. The van der Waals surface area contributed by atoms with Crippen LogP contribution in [0.1, 0.15) is 19.0 Å². The number of nitrogens with zero attached hydrogens (tertiary/aromatic N) is 1. The smallest absolute Gasteiger partial charge is 0.109 e. The Morgan fingerprint density at radius 2 is 2.60 bits per heavy atom. The van der Waals surface area contributed by atoms with Gasteiger partial charge < -0.3 is 5.11 Å². The van der Waals surface area contributed by atoms with E-state index in [1.54, 1.807) is 6.20 Å². The molecule has 2 N–H and O–H groups in total. The molecule has 0 spiro atoms. The van der Waals surface area contributed by atoms with Crippen molar-refractivity contribution in [2.75, 3.05) is 0 Å². The molecule has 2 rings (SSSR count). The van der Waals surface area contributed by atoms with E-state index < -0.39 is 5.60 Å². The summed E-state index contributed by atoms with van der Waals surface area (Å²) in [7, 11) is 0.